The number of rotatable bonds is 5. The van der Waals surface area contributed by atoms with Crippen molar-refractivity contribution in [2.45, 2.75) is 11.9 Å². The summed E-state index contributed by atoms with van der Waals surface area (Å²) in [6.45, 7) is 1.85. The van der Waals surface area contributed by atoms with Crippen LogP contribution in [0, 0.1) is 11.6 Å². The molecule has 4 nitrogen and oxygen atoms in total. The van der Waals surface area contributed by atoms with Crippen LogP contribution in [0.1, 0.15) is 6.92 Å². The molecule has 0 amide bonds. The molecule has 0 saturated heterocycles. The van der Waals surface area contributed by atoms with Crippen LogP contribution in [-0.4, -0.2) is 19.9 Å². The third-order valence-electron chi connectivity index (χ3n) is 4.43. The molecule has 0 aliphatic heterocycles. The summed E-state index contributed by atoms with van der Waals surface area (Å²) in [6, 6.07) is 14.7. The second kappa shape index (κ2) is 8.05. The molecule has 29 heavy (non-hydrogen) atoms. The first-order valence-electron chi connectivity index (χ1n) is 8.92. The van der Waals surface area contributed by atoms with Crippen LogP contribution < -0.4 is 0 Å². The highest BCUT2D eigenvalue weighted by molar-refractivity contribution is 7.84. The van der Waals surface area contributed by atoms with E-state index in [0.717, 1.165) is 28.8 Å². The molecule has 0 fully saturated rings. The van der Waals surface area contributed by atoms with Gasteiger partial charge in [-0.15, -0.1) is 0 Å². The average Bonchev–Trinajstić information content (AvgIpc) is 3.23. The van der Waals surface area contributed by atoms with Crippen molar-refractivity contribution >= 4 is 10.8 Å². The Balaban J connectivity index is 1.59. The zero-order valence-electron chi connectivity index (χ0n) is 15.4. The average molecular weight is 410 g/mol. The Hall–Kier alpha value is -3.19. The molecule has 2 aromatic heterocycles. The van der Waals surface area contributed by atoms with E-state index in [1.54, 1.807) is 12.3 Å². The number of pyridine rings is 1. The largest absolute Gasteiger partial charge is 0.444 e. The summed E-state index contributed by atoms with van der Waals surface area (Å²) in [7, 11) is -1.08. The number of halogens is 2. The summed E-state index contributed by atoms with van der Waals surface area (Å²) >= 11 is 0. The van der Waals surface area contributed by atoms with Gasteiger partial charge in [0.25, 0.3) is 0 Å². The van der Waals surface area contributed by atoms with Gasteiger partial charge in [-0.05, 0) is 23.8 Å². The first kappa shape index (κ1) is 19.1. The van der Waals surface area contributed by atoms with Gasteiger partial charge < -0.3 is 4.42 Å². The molecule has 0 spiro atoms. The molecule has 2 heterocycles. The minimum atomic E-state index is -1.08. The van der Waals surface area contributed by atoms with Gasteiger partial charge in [-0.25, -0.2) is 18.7 Å². The Labute approximate surface area is 168 Å². The molecule has 1 unspecified atom stereocenters. The molecule has 2 aromatic carbocycles. The van der Waals surface area contributed by atoms with Crippen molar-refractivity contribution in [1.82, 2.24) is 9.97 Å². The van der Waals surface area contributed by atoms with Crippen LogP contribution in [-0.2, 0) is 10.8 Å². The van der Waals surface area contributed by atoms with Gasteiger partial charge >= 0.3 is 0 Å². The lowest BCUT2D eigenvalue weighted by molar-refractivity contribution is 0.542. The first-order valence-corrected chi connectivity index (χ1v) is 10.2. The van der Waals surface area contributed by atoms with Crippen LogP contribution in [0.15, 0.2) is 76.5 Å². The van der Waals surface area contributed by atoms with E-state index in [-0.39, 0.29) is 11.5 Å². The maximum atomic E-state index is 13.9. The second-order valence-electron chi connectivity index (χ2n) is 6.23. The van der Waals surface area contributed by atoms with Crippen LogP contribution in [0.3, 0.4) is 0 Å². The Kier molecular flexibility index (Phi) is 5.31. The van der Waals surface area contributed by atoms with Crippen molar-refractivity contribution in [3.63, 3.8) is 0 Å². The zero-order chi connectivity index (χ0) is 20.4. The Morgan fingerprint density at radius 3 is 2.21 bits per heavy atom. The molecule has 4 aromatic rings. The zero-order valence-corrected chi connectivity index (χ0v) is 16.2. The SMILES string of the molecule is CCS(=O)c1ccc(-c2ccc(-c3coc(-c4c(F)cccc4F)n3)cc2)cn1. The van der Waals surface area contributed by atoms with E-state index in [2.05, 4.69) is 9.97 Å². The molecule has 0 aliphatic carbocycles. The van der Waals surface area contributed by atoms with Gasteiger partial charge in [0, 0.05) is 23.1 Å². The standard InChI is InChI=1S/C22H16F2N2O2S/c1-2-29(27)20-11-10-16(12-25-20)14-6-8-15(9-7-14)19-13-28-22(26-19)21-17(23)4-3-5-18(21)24/h3-13H,2H2,1H3. The summed E-state index contributed by atoms with van der Waals surface area (Å²) in [4.78, 5) is 8.48. The second-order valence-corrected chi connectivity index (χ2v) is 7.92. The number of aromatic nitrogens is 2. The van der Waals surface area contributed by atoms with Crippen molar-refractivity contribution in [3.8, 4) is 33.8 Å². The molecular weight excluding hydrogens is 394 g/mol. The monoisotopic (exact) mass is 410 g/mol. The van der Waals surface area contributed by atoms with Crippen LogP contribution in [0.25, 0.3) is 33.8 Å². The third kappa shape index (κ3) is 3.86. The Morgan fingerprint density at radius 1 is 0.931 bits per heavy atom. The van der Waals surface area contributed by atoms with Gasteiger partial charge in [-0.3, -0.25) is 4.21 Å². The van der Waals surface area contributed by atoms with Crippen LogP contribution >= 0.6 is 0 Å². The third-order valence-corrected chi connectivity index (χ3v) is 5.66. The number of hydrogen-bond donors (Lipinski definition) is 0. The number of benzene rings is 2. The Morgan fingerprint density at radius 2 is 1.59 bits per heavy atom. The maximum Gasteiger partial charge on any atom is 0.232 e. The van der Waals surface area contributed by atoms with E-state index in [0.29, 0.717) is 16.5 Å². The van der Waals surface area contributed by atoms with E-state index in [1.165, 1.54) is 12.3 Å². The molecule has 0 bridgehead atoms. The highest BCUT2D eigenvalue weighted by Crippen LogP contribution is 2.29. The molecule has 4 rings (SSSR count). The maximum absolute atomic E-state index is 13.9. The van der Waals surface area contributed by atoms with Crippen molar-refractivity contribution in [3.05, 3.63) is 78.7 Å². The number of hydrogen-bond acceptors (Lipinski definition) is 4. The molecule has 0 radical (unpaired) electrons. The fraction of sp³-hybridized carbons (Fsp3) is 0.0909. The minimum Gasteiger partial charge on any atom is -0.444 e. The van der Waals surface area contributed by atoms with Gasteiger partial charge in [0.1, 0.15) is 34.2 Å². The molecule has 0 aliphatic rings. The van der Waals surface area contributed by atoms with Gasteiger partial charge in [0.05, 0.1) is 10.8 Å². The minimum absolute atomic E-state index is 0.108. The normalized spacial score (nSPS) is 12.1. The molecular formula is C22H16F2N2O2S. The topological polar surface area (TPSA) is 56.0 Å². The van der Waals surface area contributed by atoms with Gasteiger partial charge in [-0.1, -0.05) is 43.3 Å². The predicted octanol–water partition coefficient (Wildman–Crippen LogP) is 5.48. The highest BCUT2D eigenvalue weighted by atomic mass is 32.2. The van der Waals surface area contributed by atoms with Crippen molar-refractivity contribution in [2.24, 2.45) is 0 Å². The quantitative estimate of drug-likeness (QED) is 0.437. The summed E-state index contributed by atoms with van der Waals surface area (Å²) in [5, 5.41) is 0.559. The Bertz CT molecular complexity index is 1150. The van der Waals surface area contributed by atoms with Gasteiger partial charge in [-0.2, -0.15) is 0 Å². The van der Waals surface area contributed by atoms with E-state index in [1.807, 2.05) is 37.3 Å². The van der Waals surface area contributed by atoms with Crippen LogP contribution in [0.2, 0.25) is 0 Å². The number of nitrogens with zero attached hydrogens (tertiary/aromatic N) is 2. The van der Waals surface area contributed by atoms with Crippen molar-refractivity contribution in [1.29, 1.82) is 0 Å². The first-order chi connectivity index (χ1) is 14.1. The molecule has 146 valence electrons. The number of oxazole rings is 1. The lowest BCUT2D eigenvalue weighted by Gasteiger charge is -2.04. The van der Waals surface area contributed by atoms with Crippen molar-refractivity contribution in [2.75, 3.05) is 5.75 Å². The smallest absolute Gasteiger partial charge is 0.232 e. The molecule has 7 heteroatoms. The fourth-order valence-electron chi connectivity index (χ4n) is 2.89. The van der Waals surface area contributed by atoms with E-state index in [9.17, 15) is 13.0 Å². The molecule has 0 saturated carbocycles. The summed E-state index contributed by atoms with van der Waals surface area (Å²) < 4.78 is 44.9. The van der Waals surface area contributed by atoms with E-state index >= 15 is 0 Å². The summed E-state index contributed by atoms with van der Waals surface area (Å²) in [6.07, 6.45) is 3.06. The van der Waals surface area contributed by atoms with E-state index in [4.69, 9.17) is 4.42 Å². The predicted molar refractivity (Wildman–Crippen MR) is 107 cm³/mol. The summed E-state index contributed by atoms with van der Waals surface area (Å²) in [5.74, 6) is -1.04. The fourth-order valence-corrected chi connectivity index (χ4v) is 3.58. The van der Waals surface area contributed by atoms with Crippen LogP contribution in [0.5, 0.6) is 0 Å². The lowest BCUT2D eigenvalue weighted by Crippen LogP contribution is -1.96. The molecule has 0 N–H and O–H groups in total. The van der Waals surface area contributed by atoms with Gasteiger partial charge in [0.2, 0.25) is 5.89 Å². The lowest BCUT2D eigenvalue weighted by atomic mass is 10.0. The van der Waals surface area contributed by atoms with E-state index < -0.39 is 22.4 Å². The van der Waals surface area contributed by atoms with Crippen molar-refractivity contribution < 1.29 is 17.4 Å². The van der Waals surface area contributed by atoms with Crippen LogP contribution in [0.4, 0.5) is 8.78 Å². The van der Waals surface area contributed by atoms with Gasteiger partial charge in [0.15, 0.2) is 0 Å². The molecule has 1 atom stereocenters. The summed E-state index contributed by atoms with van der Waals surface area (Å²) in [5.41, 5.74) is 2.76. The highest BCUT2D eigenvalue weighted by Gasteiger charge is 2.17.